The maximum Gasteiger partial charge on any atom is 0.237 e. The van der Waals surface area contributed by atoms with E-state index in [0.29, 0.717) is 52.5 Å². The number of carbonyl (C=O) groups is 3. The van der Waals surface area contributed by atoms with Crippen molar-refractivity contribution in [3.63, 3.8) is 0 Å². The van der Waals surface area contributed by atoms with E-state index in [-0.39, 0.29) is 17.7 Å². The highest BCUT2D eigenvalue weighted by Gasteiger charge is 2.42. The van der Waals surface area contributed by atoms with E-state index in [0.717, 1.165) is 0 Å². The zero-order chi connectivity index (χ0) is 16.3. The third-order valence-electron chi connectivity index (χ3n) is 4.38. The minimum absolute atomic E-state index is 0.0238. The third-order valence-corrected chi connectivity index (χ3v) is 4.38. The predicted octanol–water partition coefficient (Wildman–Crippen LogP) is -0.438. The summed E-state index contributed by atoms with van der Waals surface area (Å²) in [7, 11) is 0. The first-order valence-electron chi connectivity index (χ1n) is 7.76. The van der Waals surface area contributed by atoms with Gasteiger partial charge in [-0.3, -0.25) is 14.4 Å². The van der Waals surface area contributed by atoms with Crippen molar-refractivity contribution in [3.8, 4) is 0 Å². The molecule has 0 N–H and O–H groups in total. The normalized spacial score (nSPS) is 20.0. The van der Waals surface area contributed by atoms with E-state index >= 15 is 0 Å². The molecule has 0 saturated carbocycles. The standard InChI is InChI=1S/C15H25N3O4/c1-12(19)16-4-6-17(7-5-16)13(20)15(2,3)14(21)18-8-10-22-11-9-18/h4-11H2,1-3H3. The summed E-state index contributed by atoms with van der Waals surface area (Å²) in [5.41, 5.74) is -1.07. The molecule has 0 spiro atoms. The third kappa shape index (κ3) is 3.40. The van der Waals surface area contributed by atoms with Crippen LogP contribution in [0.1, 0.15) is 20.8 Å². The van der Waals surface area contributed by atoms with Crippen LogP contribution in [0.25, 0.3) is 0 Å². The number of ether oxygens (including phenoxy) is 1. The number of carbonyl (C=O) groups excluding carboxylic acids is 3. The lowest BCUT2D eigenvalue weighted by molar-refractivity contribution is -0.158. The molecule has 2 aliphatic heterocycles. The number of hydrogen-bond donors (Lipinski definition) is 0. The Bertz CT molecular complexity index is 450. The lowest BCUT2D eigenvalue weighted by Gasteiger charge is -2.39. The van der Waals surface area contributed by atoms with Crippen molar-refractivity contribution in [2.24, 2.45) is 5.41 Å². The molecule has 0 aliphatic carbocycles. The summed E-state index contributed by atoms with van der Waals surface area (Å²) in [4.78, 5) is 41.8. The second kappa shape index (κ2) is 6.64. The first-order chi connectivity index (χ1) is 10.3. The second-order valence-corrected chi connectivity index (χ2v) is 6.33. The van der Waals surface area contributed by atoms with Gasteiger partial charge in [-0.15, -0.1) is 0 Å². The number of piperazine rings is 1. The molecule has 7 heteroatoms. The van der Waals surface area contributed by atoms with Gasteiger partial charge in [0.05, 0.1) is 13.2 Å². The summed E-state index contributed by atoms with van der Waals surface area (Å²) in [5.74, 6) is -0.280. The second-order valence-electron chi connectivity index (χ2n) is 6.33. The summed E-state index contributed by atoms with van der Waals surface area (Å²) in [6, 6.07) is 0. The topological polar surface area (TPSA) is 70.2 Å². The lowest BCUT2D eigenvalue weighted by atomic mass is 9.89. The molecule has 2 aliphatic rings. The largest absolute Gasteiger partial charge is 0.378 e. The van der Waals surface area contributed by atoms with E-state index < -0.39 is 5.41 Å². The Kier molecular flexibility index (Phi) is 5.05. The first-order valence-corrected chi connectivity index (χ1v) is 7.76. The summed E-state index contributed by atoms with van der Waals surface area (Å²) in [6.07, 6.45) is 0. The fourth-order valence-corrected chi connectivity index (χ4v) is 2.87. The molecular formula is C15H25N3O4. The molecule has 3 amide bonds. The van der Waals surface area contributed by atoms with Gasteiger partial charge in [0, 0.05) is 46.2 Å². The van der Waals surface area contributed by atoms with Gasteiger partial charge in [0.1, 0.15) is 5.41 Å². The molecule has 0 bridgehead atoms. The molecule has 2 fully saturated rings. The van der Waals surface area contributed by atoms with Crippen LogP contribution in [0.4, 0.5) is 0 Å². The monoisotopic (exact) mass is 311 g/mol. The van der Waals surface area contributed by atoms with Crippen molar-refractivity contribution >= 4 is 17.7 Å². The van der Waals surface area contributed by atoms with Gasteiger partial charge in [-0.05, 0) is 13.8 Å². The molecule has 0 aromatic rings. The smallest absolute Gasteiger partial charge is 0.237 e. The van der Waals surface area contributed by atoms with Gasteiger partial charge in [0.25, 0.3) is 0 Å². The van der Waals surface area contributed by atoms with Crippen molar-refractivity contribution in [2.75, 3.05) is 52.5 Å². The fraction of sp³-hybridized carbons (Fsp3) is 0.800. The zero-order valence-electron chi connectivity index (χ0n) is 13.6. The summed E-state index contributed by atoms with van der Waals surface area (Å²) >= 11 is 0. The number of rotatable bonds is 2. The molecule has 0 atom stereocenters. The molecule has 0 aromatic carbocycles. The van der Waals surface area contributed by atoms with Crippen molar-refractivity contribution in [3.05, 3.63) is 0 Å². The average Bonchev–Trinajstić information content (AvgIpc) is 2.54. The quantitative estimate of drug-likeness (QED) is 0.649. The number of nitrogens with zero attached hydrogens (tertiary/aromatic N) is 3. The van der Waals surface area contributed by atoms with E-state index in [4.69, 9.17) is 4.74 Å². The maximum absolute atomic E-state index is 12.7. The van der Waals surface area contributed by atoms with Crippen LogP contribution in [0.3, 0.4) is 0 Å². The fourth-order valence-electron chi connectivity index (χ4n) is 2.87. The zero-order valence-corrected chi connectivity index (χ0v) is 13.6. The van der Waals surface area contributed by atoms with Crippen molar-refractivity contribution in [1.29, 1.82) is 0 Å². The van der Waals surface area contributed by atoms with Crippen LogP contribution in [0.2, 0.25) is 0 Å². The van der Waals surface area contributed by atoms with Crippen LogP contribution in [0.5, 0.6) is 0 Å². The highest BCUT2D eigenvalue weighted by Crippen LogP contribution is 2.24. The molecule has 0 radical (unpaired) electrons. The highest BCUT2D eigenvalue weighted by atomic mass is 16.5. The van der Waals surface area contributed by atoms with Gasteiger partial charge in [0.15, 0.2) is 0 Å². The molecule has 22 heavy (non-hydrogen) atoms. The van der Waals surface area contributed by atoms with Crippen LogP contribution in [-0.4, -0.2) is 84.9 Å². The van der Waals surface area contributed by atoms with E-state index in [2.05, 4.69) is 0 Å². The summed E-state index contributed by atoms with van der Waals surface area (Å²) in [5, 5.41) is 0. The number of morpholine rings is 1. The number of hydrogen-bond acceptors (Lipinski definition) is 4. The van der Waals surface area contributed by atoms with E-state index in [1.54, 1.807) is 28.5 Å². The molecule has 2 saturated heterocycles. The Morgan fingerprint density at radius 2 is 1.18 bits per heavy atom. The Labute approximate surface area is 131 Å². The van der Waals surface area contributed by atoms with Crippen LogP contribution in [0, 0.1) is 5.41 Å². The van der Waals surface area contributed by atoms with E-state index in [9.17, 15) is 14.4 Å². The Hall–Kier alpha value is -1.63. The predicted molar refractivity (Wildman–Crippen MR) is 80.0 cm³/mol. The number of amides is 3. The van der Waals surface area contributed by atoms with Gasteiger partial charge < -0.3 is 19.4 Å². The van der Waals surface area contributed by atoms with Crippen molar-refractivity contribution in [1.82, 2.24) is 14.7 Å². The molecule has 7 nitrogen and oxygen atoms in total. The minimum Gasteiger partial charge on any atom is -0.378 e. The molecule has 2 rings (SSSR count). The highest BCUT2D eigenvalue weighted by molar-refractivity contribution is 6.04. The van der Waals surface area contributed by atoms with Gasteiger partial charge in [-0.25, -0.2) is 0 Å². The van der Waals surface area contributed by atoms with Gasteiger partial charge in [-0.2, -0.15) is 0 Å². The molecule has 0 unspecified atom stereocenters. The van der Waals surface area contributed by atoms with Crippen LogP contribution in [-0.2, 0) is 19.1 Å². The van der Waals surface area contributed by atoms with Crippen LogP contribution >= 0.6 is 0 Å². The van der Waals surface area contributed by atoms with Gasteiger partial charge >= 0.3 is 0 Å². The Morgan fingerprint density at radius 3 is 1.64 bits per heavy atom. The minimum atomic E-state index is -1.07. The van der Waals surface area contributed by atoms with Crippen LogP contribution in [0.15, 0.2) is 0 Å². The van der Waals surface area contributed by atoms with Crippen LogP contribution < -0.4 is 0 Å². The van der Waals surface area contributed by atoms with E-state index in [1.807, 2.05) is 0 Å². The molecule has 0 aromatic heterocycles. The lowest BCUT2D eigenvalue weighted by Crippen LogP contribution is -2.57. The Balaban J connectivity index is 1.98. The van der Waals surface area contributed by atoms with Gasteiger partial charge in [0.2, 0.25) is 17.7 Å². The molecule has 124 valence electrons. The van der Waals surface area contributed by atoms with E-state index in [1.165, 1.54) is 6.92 Å². The maximum atomic E-state index is 12.7. The van der Waals surface area contributed by atoms with Gasteiger partial charge in [-0.1, -0.05) is 0 Å². The van der Waals surface area contributed by atoms with Crippen molar-refractivity contribution < 1.29 is 19.1 Å². The molecule has 2 heterocycles. The summed E-state index contributed by atoms with van der Waals surface area (Å²) in [6.45, 7) is 9.04. The average molecular weight is 311 g/mol. The molecular weight excluding hydrogens is 286 g/mol. The first kappa shape index (κ1) is 16.7. The Morgan fingerprint density at radius 1 is 0.773 bits per heavy atom. The SMILES string of the molecule is CC(=O)N1CCN(C(=O)C(C)(C)C(=O)N2CCOCC2)CC1. The summed E-state index contributed by atoms with van der Waals surface area (Å²) < 4.78 is 5.25. The van der Waals surface area contributed by atoms with Crippen molar-refractivity contribution in [2.45, 2.75) is 20.8 Å².